The maximum atomic E-state index is 12.7. The fourth-order valence-corrected chi connectivity index (χ4v) is 2.21. The fourth-order valence-electron chi connectivity index (χ4n) is 1.62. The van der Waals surface area contributed by atoms with Gasteiger partial charge in [0.05, 0.1) is 11.2 Å². The minimum Gasteiger partial charge on any atom is -0.370 e. The average Bonchev–Trinajstić information content (AvgIpc) is 2.91. The van der Waals surface area contributed by atoms with Crippen LogP contribution in [0.1, 0.15) is 18.4 Å². The third-order valence-corrected chi connectivity index (χ3v) is 3.14. The topological polar surface area (TPSA) is 62.7 Å². The number of rotatable bonds is 6. The Hall–Kier alpha value is -1.90. The Bertz CT molecular complexity index is 571. The molecule has 0 atom stereocenters. The van der Waals surface area contributed by atoms with Crippen LogP contribution in [0.4, 0.5) is 24.8 Å². The van der Waals surface area contributed by atoms with Gasteiger partial charge >= 0.3 is 6.18 Å². The molecule has 0 bridgehead atoms. The van der Waals surface area contributed by atoms with Crippen molar-refractivity contribution in [3.8, 4) is 0 Å². The average molecular weight is 317 g/mol. The summed E-state index contributed by atoms with van der Waals surface area (Å²) in [6.07, 6.45) is -3.96. The summed E-state index contributed by atoms with van der Waals surface area (Å²) in [6, 6.07) is 1.46. The van der Waals surface area contributed by atoms with Gasteiger partial charge < -0.3 is 10.6 Å². The van der Waals surface area contributed by atoms with Crippen molar-refractivity contribution in [3.63, 3.8) is 0 Å². The van der Waals surface area contributed by atoms with Crippen molar-refractivity contribution >= 4 is 23.0 Å². The van der Waals surface area contributed by atoms with Crippen LogP contribution in [0.5, 0.6) is 0 Å². The Labute approximate surface area is 123 Å². The lowest BCUT2D eigenvalue weighted by Gasteiger charge is -2.11. The molecule has 2 N–H and O–H groups in total. The van der Waals surface area contributed by atoms with E-state index >= 15 is 0 Å². The van der Waals surface area contributed by atoms with Crippen molar-refractivity contribution < 1.29 is 13.2 Å². The number of hydrogen-bond acceptors (Lipinski definition) is 6. The van der Waals surface area contributed by atoms with Crippen LogP contribution in [-0.2, 0) is 12.6 Å². The van der Waals surface area contributed by atoms with E-state index in [1.165, 1.54) is 17.4 Å². The Morgan fingerprint density at radius 2 is 1.90 bits per heavy atom. The number of nitrogens with zero attached hydrogens (tertiary/aromatic N) is 3. The zero-order chi connectivity index (χ0) is 15.3. The van der Waals surface area contributed by atoms with Gasteiger partial charge in [-0.15, -0.1) is 11.3 Å². The molecule has 0 spiro atoms. The second kappa shape index (κ2) is 6.70. The molecule has 2 aromatic heterocycles. The zero-order valence-electron chi connectivity index (χ0n) is 11.2. The van der Waals surface area contributed by atoms with E-state index in [4.69, 9.17) is 0 Å². The lowest BCUT2D eigenvalue weighted by Crippen LogP contribution is -2.16. The van der Waals surface area contributed by atoms with Gasteiger partial charge in [-0.3, -0.25) is 0 Å². The van der Waals surface area contributed by atoms with Crippen LogP contribution >= 0.6 is 11.3 Å². The van der Waals surface area contributed by atoms with Gasteiger partial charge in [-0.05, 0) is 6.92 Å². The summed E-state index contributed by atoms with van der Waals surface area (Å²) < 4.78 is 38.2. The Balaban J connectivity index is 2.08. The highest BCUT2D eigenvalue weighted by atomic mass is 32.1. The van der Waals surface area contributed by atoms with Crippen molar-refractivity contribution in [2.24, 2.45) is 0 Å². The summed E-state index contributed by atoms with van der Waals surface area (Å²) in [7, 11) is 0. The molecule has 2 aromatic rings. The summed E-state index contributed by atoms with van der Waals surface area (Å²) in [5, 5.41) is 7.53. The van der Waals surface area contributed by atoms with Gasteiger partial charge in [0.15, 0.2) is 0 Å². The van der Waals surface area contributed by atoms with Crippen molar-refractivity contribution in [2.45, 2.75) is 19.5 Å². The molecule has 0 unspecified atom stereocenters. The van der Waals surface area contributed by atoms with Crippen LogP contribution in [0.2, 0.25) is 0 Å². The predicted octanol–water partition coefficient (Wildman–Crippen LogP) is 3.04. The molecule has 9 heteroatoms. The molecule has 0 aliphatic carbocycles. The van der Waals surface area contributed by atoms with Gasteiger partial charge in [0.25, 0.3) is 0 Å². The van der Waals surface area contributed by atoms with Gasteiger partial charge in [0.1, 0.15) is 11.6 Å². The molecule has 114 valence electrons. The van der Waals surface area contributed by atoms with E-state index in [0.717, 1.165) is 5.69 Å². The SMILES string of the molecule is CCNc1cc(NCCc2cscn2)nc(C(F)(F)F)n1. The third-order valence-electron chi connectivity index (χ3n) is 2.51. The number of aromatic nitrogens is 3. The molecular weight excluding hydrogens is 303 g/mol. The molecule has 0 fully saturated rings. The van der Waals surface area contributed by atoms with E-state index in [9.17, 15) is 13.2 Å². The first kappa shape index (κ1) is 15.5. The standard InChI is InChI=1S/C12H14F3N5S/c1-2-16-9-5-10(20-11(19-9)12(13,14)15)17-4-3-8-6-21-7-18-8/h5-7H,2-4H2,1H3,(H2,16,17,19,20). The van der Waals surface area contributed by atoms with Crippen molar-refractivity contribution in [1.29, 1.82) is 0 Å². The van der Waals surface area contributed by atoms with E-state index in [1.54, 1.807) is 12.4 Å². The summed E-state index contributed by atoms with van der Waals surface area (Å²) in [4.78, 5) is 11.1. The van der Waals surface area contributed by atoms with Crippen LogP contribution in [0, 0.1) is 0 Å². The van der Waals surface area contributed by atoms with E-state index in [1.807, 2.05) is 5.38 Å². The fraction of sp³-hybridized carbons (Fsp3) is 0.417. The minimum absolute atomic E-state index is 0.142. The van der Waals surface area contributed by atoms with Crippen LogP contribution < -0.4 is 10.6 Å². The Kier molecular flexibility index (Phi) is 4.94. The third kappa shape index (κ3) is 4.55. The highest BCUT2D eigenvalue weighted by Crippen LogP contribution is 2.28. The Morgan fingerprint density at radius 3 is 2.48 bits per heavy atom. The smallest absolute Gasteiger partial charge is 0.370 e. The highest BCUT2D eigenvalue weighted by molar-refractivity contribution is 7.07. The summed E-state index contributed by atoms with van der Waals surface area (Å²) in [6.45, 7) is 2.71. The van der Waals surface area contributed by atoms with Crippen LogP contribution in [0.15, 0.2) is 17.0 Å². The van der Waals surface area contributed by atoms with Gasteiger partial charge in [-0.2, -0.15) is 13.2 Å². The second-order valence-corrected chi connectivity index (χ2v) is 4.87. The lowest BCUT2D eigenvalue weighted by atomic mass is 10.3. The molecule has 0 aliphatic rings. The van der Waals surface area contributed by atoms with Crippen molar-refractivity contribution in [2.75, 3.05) is 23.7 Å². The van der Waals surface area contributed by atoms with Crippen LogP contribution in [0.3, 0.4) is 0 Å². The highest BCUT2D eigenvalue weighted by Gasteiger charge is 2.35. The normalized spacial score (nSPS) is 11.4. The van der Waals surface area contributed by atoms with Gasteiger partial charge in [-0.1, -0.05) is 0 Å². The number of anilines is 2. The molecular formula is C12H14F3N5S. The summed E-state index contributed by atoms with van der Waals surface area (Å²) >= 11 is 1.48. The van der Waals surface area contributed by atoms with E-state index in [2.05, 4.69) is 25.6 Å². The quantitative estimate of drug-likeness (QED) is 0.857. The van der Waals surface area contributed by atoms with Gasteiger partial charge in [0, 0.05) is 31.0 Å². The van der Waals surface area contributed by atoms with Crippen LogP contribution in [-0.4, -0.2) is 28.0 Å². The largest absolute Gasteiger partial charge is 0.451 e. The van der Waals surface area contributed by atoms with Gasteiger partial charge in [-0.25, -0.2) is 15.0 Å². The van der Waals surface area contributed by atoms with E-state index < -0.39 is 12.0 Å². The number of hydrogen-bond donors (Lipinski definition) is 2. The van der Waals surface area contributed by atoms with E-state index in [0.29, 0.717) is 19.5 Å². The molecule has 0 saturated heterocycles. The number of alkyl halides is 3. The molecule has 21 heavy (non-hydrogen) atoms. The molecule has 2 heterocycles. The molecule has 5 nitrogen and oxygen atoms in total. The molecule has 0 radical (unpaired) electrons. The molecule has 0 amide bonds. The lowest BCUT2D eigenvalue weighted by molar-refractivity contribution is -0.144. The summed E-state index contributed by atoms with van der Waals surface area (Å²) in [5.74, 6) is -0.864. The number of nitrogens with one attached hydrogen (secondary N) is 2. The maximum Gasteiger partial charge on any atom is 0.451 e. The van der Waals surface area contributed by atoms with Crippen molar-refractivity contribution in [1.82, 2.24) is 15.0 Å². The first-order valence-electron chi connectivity index (χ1n) is 6.30. The Morgan fingerprint density at radius 1 is 1.19 bits per heavy atom. The first-order chi connectivity index (χ1) is 9.99. The van der Waals surface area contributed by atoms with Gasteiger partial charge in [0.2, 0.25) is 5.82 Å². The zero-order valence-corrected chi connectivity index (χ0v) is 12.1. The summed E-state index contributed by atoms with van der Waals surface area (Å²) in [5.41, 5.74) is 2.61. The number of halogens is 3. The monoisotopic (exact) mass is 317 g/mol. The van der Waals surface area contributed by atoms with Crippen LogP contribution in [0.25, 0.3) is 0 Å². The predicted molar refractivity (Wildman–Crippen MR) is 75.5 cm³/mol. The molecule has 0 saturated carbocycles. The molecule has 0 aliphatic heterocycles. The second-order valence-electron chi connectivity index (χ2n) is 4.15. The molecule has 2 rings (SSSR count). The van der Waals surface area contributed by atoms with E-state index in [-0.39, 0.29) is 11.6 Å². The van der Waals surface area contributed by atoms with Crippen molar-refractivity contribution in [3.05, 3.63) is 28.5 Å². The maximum absolute atomic E-state index is 12.7. The molecule has 0 aromatic carbocycles. The minimum atomic E-state index is -4.57. The number of thiazole rings is 1. The first-order valence-corrected chi connectivity index (χ1v) is 7.24.